The van der Waals surface area contributed by atoms with Crippen molar-refractivity contribution >= 4 is 11.6 Å². The molecule has 0 aliphatic heterocycles. The molecule has 0 aliphatic rings. The highest BCUT2D eigenvalue weighted by Crippen LogP contribution is 2.20. The minimum absolute atomic E-state index is 0.156. The maximum absolute atomic E-state index is 10.7. The molecule has 0 fully saturated rings. The Morgan fingerprint density at radius 1 is 1.41 bits per heavy atom. The number of carboxylic acid groups (broad SMARTS) is 1. The van der Waals surface area contributed by atoms with E-state index in [2.05, 4.69) is 10.1 Å². The van der Waals surface area contributed by atoms with Gasteiger partial charge in [-0.1, -0.05) is 0 Å². The lowest BCUT2D eigenvalue weighted by atomic mass is 10.3. The molecule has 0 amide bonds. The molecule has 0 saturated heterocycles. The van der Waals surface area contributed by atoms with Crippen LogP contribution >= 0.6 is 0 Å². The highest BCUT2D eigenvalue weighted by Gasteiger charge is 2.10. The molecule has 0 saturated carbocycles. The van der Waals surface area contributed by atoms with E-state index in [4.69, 9.17) is 4.42 Å². The Labute approximate surface area is 95.1 Å². The van der Waals surface area contributed by atoms with E-state index >= 15 is 0 Å². The first kappa shape index (κ1) is 9.59. The first-order valence-corrected chi connectivity index (χ1v) is 4.86. The van der Waals surface area contributed by atoms with E-state index in [1.807, 2.05) is 0 Å². The predicted molar refractivity (Wildman–Crippen MR) is 55.0 cm³/mol. The van der Waals surface area contributed by atoms with E-state index in [0.29, 0.717) is 17.1 Å². The Hall–Kier alpha value is -2.63. The highest BCUT2D eigenvalue weighted by atomic mass is 16.4. The van der Waals surface area contributed by atoms with E-state index in [1.165, 1.54) is 16.8 Å². The van der Waals surface area contributed by atoms with E-state index < -0.39 is 5.97 Å². The molecule has 3 rings (SSSR count). The monoisotopic (exact) mass is 228 g/mol. The van der Waals surface area contributed by atoms with Gasteiger partial charge in [0, 0.05) is 12.3 Å². The number of furan rings is 1. The minimum Gasteiger partial charge on any atom is -0.543 e. The van der Waals surface area contributed by atoms with Crippen LogP contribution in [0, 0.1) is 0 Å². The van der Waals surface area contributed by atoms with Gasteiger partial charge in [0.1, 0.15) is 11.4 Å². The normalized spacial score (nSPS) is 10.8. The van der Waals surface area contributed by atoms with Gasteiger partial charge in [0.25, 0.3) is 0 Å². The van der Waals surface area contributed by atoms with Crippen LogP contribution in [0.3, 0.4) is 0 Å². The third-order valence-electron chi connectivity index (χ3n) is 2.34. The fraction of sp³-hybridized carbons (Fsp3) is 0. The van der Waals surface area contributed by atoms with Crippen molar-refractivity contribution in [2.24, 2.45) is 0 Å². The number of carboxylic acids is 1. The zero-order valence-electron chi connectivity index (χ0n) is 8.53. The van der Waals surface area contributed by atoms with Gasteiger partial charge in [-0.25, -0.2) is 9.50 Å². The zero-order valence-corrected chi connectivity index (χ0v) is 8.53. The molecular weight excluding hydrogens is 222 g/mol. The van der Waals surface area contributed by atoms with Crippen LogP contribution < -0.4 is 5.11 Å². The summed E-state index contributed by atoms with van der Waals surface area (Å²) in [5, 5.41) is 14.6. The molecule has 0 bridgehead atoms. The molecule has 0 unspecified atom stereocenters. The summed E-state index contributed by atoms with van der Waals surface area (Å²) >= 11 is 0. The van der Waals surface area contributed by atoms with Crippen molar-refractivity contribution < 1.29 is 14.3 Å². The quantitative estimate of drug-likeness (QED) is 0.632. The second-order valence-corrected chi connectivity index (χ2v) is 3.39. The Kier molecular flexibility index (Phi) is 1.94. The number of carbonyl (C=O) groups is 1. The lowest BCUT2D eigenvalue weighted by Crippen LogP contribution is -2.22. The number of hydrogen-bond acceptors (Lipinski definition) is 5. The van der Waals surface area contributed by atoms with Gasteiger partial charge in [-0.2, -0.15) is 5.10 Å². The van der Waals surface area contributed by atoms with Gasteiger partial charge in [-0.15, -0.1) is 0 Å². The van der Waals surface area contributed by atoms with Crippen molar-refractivity contribution in [2.75, 3.05) is 0 Å². The molecule has 0 radical (unpaired) electrons. The summed E-state index contributed by atoms with van der Waals surface area (Å²) in [6.45, 7) is 0. The summed E-state index contributed by atoms with van der Waals surface area (Å²) < 4.78 is 6.65. The molecule has 0 atom stereocenters. The summed E-state index contributed by atoms with van der Waals surface area (Å²) in [6.07, 6.45) is 3.10. The minimum atomic E-state index is -1.33. The smallest absolute Gasteiger partial charge is 0.156 e. The number of nitrogens with zero attached hydrogens (tertiary/aromatic N) is 3. The Balaban J connectivity index is 2.29. The second-order valence-electron chi connectivity index (χ2n) is 3.39. The lowest BCUT2D eigenvalue weighted by Gasteiger charge is -2.00. The fourth-order valence-electron chi connectivity index (χ4n) is 1.61. The molecule has 0 aromatic carbocycles. The van der Waals surface area contributed by atoms with Crippen LogP contribution in [0.4, 0.5) is 0 Å². The van der Waals surface area contributed by atoms with Gasteiger partial charge in [0.05, 0.1) is 12.2 Å². The zero-order chi connectivity index (χ0) is 11.8. The van der Waals surface area contributed by atoms with E-state index in [-0.39, 0.29) is 5.69 Å². The average Bonchev–Trinajstić information content (AvgIpc) is 2.97. The number of carbonyl (C=O) groups excluding carboxylic acids is 1. The first-order chi connectivity index (χ1) is 8.25. The van der Waals surface area contributed by atoms with E-state index in [0.717, 1.165) is 0 Å². The molecule has 0 aliphatic carbocycles. The van der Waals surface area contributed by atoms with Crippen molar-refractivity contribution in [1.29, 1.82) is 0 Å². The average molecular weight is 228 g/mol. The SMILES string of the molecule is O=C([O-])c1cc2nccc(-c3ccco3)n2n1. The van der Waals surface area contributed by atoms with E-state index in [9.17, 15) is 9.90 Å². The van der Waals surface area contributed by atoms with Crippen LogP contribution in [0.5, 0.6) is 0 Å². The topological polar surface area (TPSA) is 83.5 Å². The van der Waals surface area contributed by atoms with Crippen LogP contribution in [0.2, 0.25) is 0 Å². The maximum Gasteiger partial charge on any atom is 0.156 e. The van der Waals surface area contributed by atoms with Crippen molar-refractivity contribution in [3.8, 4) is 11.5 Å². The molecule has 3 heterocycles. The van der Waals surface area contributed by atoms with Crippen molar-refractivity contribution in [2.45, 2.75) is 0 Å². The van der Waals surface area contributed by atoms with Crippen molar-refractivity contribution in [3.63, 3.8) is 0 Å². The maximum atomic E-state index is 10.7. The van der Waals surface area contributed by atoms with Gasteiger partial charge in [0.2, 0.25) is 0 Å². The highest BCUT2D eigenvalue weighted by molar-refractivity contribution is 5.85. The summed E-state index contributed by atoms with van der Waals surface area (Å²) in [5.41, 5.74) is 0.905. The van der Waals surface area contributed by atoms with Crippen molar-refractivity contribution in [1.82, 2.24) is 14.6 Å². The van der Waals surface area contributed by atoms with Crippen LogP contribution in [0.25, 0.3) is 17.1 Å². The number of aromatic carboxylic acids is 1. The largest absolute Gasteiger partial charge is 0.543 e. The van der Waals surface area contributed by atoms with E-state index in [1.54, 1.807) is 24.4 Å². The number of aromatic nitrogens is 3. The predicted octanol–water partition coefficient (Wildman–Crippen LogP) is 0.353. The molecule has 6 heteroatoms. The third-order valence-corrected chi connectivity index (χ3v) is 2.34. The summed E-state index contributed by atoms with van der Waals surface area (Å²) in [5.74, 6) is -0.744. The first-order valence-electron chi connectivity index (χ1n) is 4.86. The number of hydrogen-bond donors (Lipinski definition) is 0. The van der Waals surface area contributed by atoms with Crippen molar-refractivity contribution in [3.05, 3.63) is 42.4 Å². The van der Waals surface area contributed by atoms with Gasteiger partial charge in [0.15, 0.2) is 11.4 Å². The molecule has 3 aromatic heterocycles. The van der Waals surface area contributed by atoms with Gasteiger partial charge < -0.3 is 14.3 Å². The van der Waals surface area contributed by atoms with Gasteiger partial charge in [-0.05, 0) is 18.2 Å². The summed E-state index contributed by atoms with van der Waals surface area (Å²) in [7, 11) is 0. The molecule has 0 spiro atoms. The Morgan fingerprint density at radius 3 is 3.00 bits per heavy atom. The van der Waals surface area contributed by atoms with Gasteiger partial charge in [-0.3, -0.25) is 0 Å². The molecule has 0 N–H and O–H groups in total. The van der Waals surface area contributed by atoms with Crippen LogP contribution in [0.1, 0.15) is 10.5 Å². The second kappa shape index (κ2) is 3.44. The van der Waals surface area contributed by atoms with Crippen LogP contribution in [0.15, 0.2) is 41.1 Å². The molecule has 17 heavy (non-hydrogen) atoms. The summed E-state index contributed by atoms with van der Waals surface area (Å²) in [6, 6.07) is 6.54. The fourth-order valence-corrected chi connectivity index (χ4v) is 1.61. The van der Waals surface area contributed by atoms with Crippen LogP contribution in [-0.2, 0) is 0 Å². The van der Waals surface area contributed by atoms with Gasteiger partial charge >= 0.3 is 0 Å². The molecular formula is C11H6N3O3-. The Morgan fingerprint density at radius 2 is 2.29 bits per heavy atom. The summed E-state index contributed by atoms with van der Waals surface area (Å²) in [4.78, 5) is 14.8. The lowest BCUT2D eigenvalue weighted by molar-refractivity contribution is -0.255. The number of fused-ring (bicyclic) bond motifs is 1. The molecule has 6 nitrogen and oxygen atoms in total. The molecule has 3 aromatic rings. The standard InChI is InChI=1S/C11H7N3O3/c15-11(16)7-6-10-12-4-3-8(14(10)13-7)9-2-1-5-17-9/h1-6H,(H,15,16)/p-1. The third kappa shape index (κ3) is 1.46. The van der Waals surface area contributed by atoms with Crippen LogP contribution in [-0.4, -0.2) is 20.6 Å². The Bertz CT molecular complexity index is 685. The number of rotatable bonds is 2. The molecule has 84 valence electrons.